The maximum absolute atomic E-state index is 11.6. The van der Waals surface area contributed by atoms with Gasteiger partial charge in [-0.05, 0) is 17.2 Å². The number of carbonyl (C=O) groups is 1. The van der Waals surface area contributed by atoms with Crippen molar-refractivity contribution in [3.05, 3.63) is 84.1 Å². The average Bonchev–Trinajstić information content (AvgIpc) is 2.93. The van der Waals surface area contributed by atoms with E-state index in [0.29, 0.717) is 12.0 Å². The van der Waals surface area contributed by atoms with Crippen LogP contribution in [0.15, 0.2) is 72.9 Å². The first-order valence-corrected chi connectivity index (χ1v) is 7.56. The fourth-order valence-electron chi connectivity index (χ4n) is 2.82. The molecular weight excluding hydrogens is 286 g/mol. The Balaban J connectivity index is 1.97. The van der Waals surface area contributed by atoms with E-state index in [0.717, 1.165) is 23.0 Å². The number of para-hydroxylation sites is 1. The Morgan fingerprint density at radius 3 is 2.52 bits per heavy atom. The van der Waals surface area contributed by atoms with Crippen LogP contribution in [0.2, 0.25) is 0 Å². The summed E-state index contributed by atoms with van der Waals surface area (Å²) in [5.74, 6) is -0.357. The number of rotatable bonds is 5. The van der Waals surface area contributed by atoms with Gasteiger partial charge in [0, 0.05) is 35.6 Å². The number of benzene rings is 2. The highest BCUT2D eigenvalue weighted by Crippen LogP contribution is 2.24. The van der Waals surface area contributed by atoms with Crippen molar-refractivity contribution in [1.29, 1.82) is 0 Å². The summed E-state index contributed by atoms with van der Waals surface area (Å²) in [5, 5.41) is 1.15. The van der Waals surface area contributed by atoms with E-state index in [4.69, 9.17) is 4.74 Å². The first kappa shape index (κ1) is 15.1. The summed E-state index contributed by atoms with van der Waals surface area (Å²) in [6.45, 7) is 4.63. The average molecular weight is 305 g/mol. The van der Waals surface area contributed by atoms with Crippen molar-refractivity contribution in [3.8, 4) is 0 Å². The van der Waals surface area contributed by atoms with Gasteiger partial charge in [0.2, 0.25) is 0 Å². The van der Waals surface area contributed by atoms with Crippen molar-refractivity contribution in [2.24, 2.45) is 0 Å². The van der Waals surface area contributed by atoms with E-state index in [2.05, 4.69) is 41.6 Å². The number of carbonyl (C=O) groups excluding carboxylic acids is 1. The van der Waals surface area contributed by atoms with Crippen LogP contribution in [0.5, 0.6) is 0 Å². The van der Waals surface area contributed by atoms with E-state index in [1.54, 1.807) is 0 Å². The van der Waals surface area contributed by atoms with Gasteiger partial charge in [0.05, 0.1) is 7.11 Å². The van der Waals surface area contributed by atoms with Crippen molar-refractivity contribution in [2.75, 3.05) is 7.11 Å². The molecule has 0 aliphatic heterocycles. The molecular formula is C20H19NO2. The standard InChI is InChI=1S/C20H19NO2/c1-15(20(22)23-2)12-17-14-21(13-16-8-4-3-5-9-16)19-11-7-6-10-18(17)19/h3-11,14H,1,12-13H2,2H3. The SMILES string of the molecule is C=C(Cc1cn(Cc2ccccc2)c2ccccc12)C(=O)OC. The molecule has 23 heavy (non-hydrogen) atoms. The fourth-order valence-corrected chi connectivity index (χ4v) is 2.82. The van der Waals surface area contributed by atoms with Crippen LogP contribution < -0.4 is 0 Å². The maximum Gasteiger partial charge on any atom is 0.333 e. The van der Waals surface area contributed by atoms with Crippen molar-refractivity contribution in [3.63, 3.8) is 0 Å². The van der Waals surface area contributed by atoms with Crippen LogP contribution >= 0.6 is 0 Å². The van der Waals surface area contributed by atoms with Crippen molar-refractivity contribution >= 4 is 16.9 Å². The van der Waals surface area contributed by atoms with E-state index in [1.165, 1.54) is 12.7 Å². The Kier molecular flexibility index (Phi) is 4.29. The predicted octanol–water partition coefficient (Wildman–Crippen LogP) is 3.96. The van der Waals surface area contributed by atoms with Gasteiger partial charge in [-0.1, -0.05) is 55.1 Å². The van der Waals surface area contributed by atoms with Gasteiger partial charge in [-0.2, -0.15) is 0 Å². The van der Waals surface area contributed by atoms with E-state index in [1.807, 2.05) is 30.3 Å². The Hall–Kier alpha value is -2.81. The summed E-state index contributed by atoms with van der Waals surface area (Å²) in [7, 11) is 1.38. The zero-order chi connectivity index (χ0) is 16.2. The van der Waals surface area contributed by atoms with Crippen LogP contribution in [0.4, 0.5) is 0 Å². The molecule has 2 aromatic carbocycles. The van der Waals surface area contributed by atoms with Crippen LogP contribution in [0, 0.1) is 0 Å². The lowest BCUT2D eigenvalue weighted by Gasteiger charge is -2.05. The molecule has 0 atom stereocenters. The highest BCUT2D eigenvalue weighted by atomic mass is 16.5. The van der Waals surface area contributed by atoms with Crippen molar-refractivity contribution < 1.29 is 9.53 Å². The highest BCUT2D eigenvalue weighted by molar-refractivity contribution is 5.90. The zero-order valence-corrected chi connectivity index (χ0v) is 13.2. The lowest BCUT2D eigenvalue weighted by Crippen LogP contribution is -2.05. The first-order chi connectivity index (χ1) is 11.2. The molecule has 3 nitrogen and oxygen atoms in total. The molecule has 0 aliphatic rings. The molecule has 3 heteroatoms. The minimum absolute atomic E-state index is 0.357. The number of hydrogen-bond acceptors (Lipinski definition) is 2. The Morgan fingerprint density at radius 2 is 1.78 bits per heavy atom. The van der Waals surface area contributed by atoms with Crippen LogP contribution in [0.3, 0.4) is 0 Å². The second kappa shape index (κ2) is 6.53. The molecule has 1 aromatic heterocycles. The highest BCUT2D eigenvalue weighted by Gasteiger charge is 2.13. The van der Waals surface area contributed by atoms with Gasteiger partial charge in [0.15, 0.2) is 0 Å². The van der Waals surface area contributed by atoms with Crippen molar-refractivity contribution in [2.45, 2.75) is 13.0 Å². The molecule has 0 fully saturated rings. The normalized spacial score (nSPS) is 10.7. The zero-order valence-electron chi connectivity index (χ0n) is 13.2. The summed E-state index contributed by atoms with van der Waals surface area (Å²) >= 11 is 0. The maximum atomic E-state index is 11.6. The third-order valence-corrected chi connectivity index (χ3v) is 3.94. The number of fused-ring (bicyclic) bond motifs is 1. The molecule has 0 saturated heterocycles. The molecule has 3 aromatic rings. The van der Waals surface area contributed by atoms with Crippen LogP contribution in [0.25, 0.3) is 10.9 Å². The van der Waals surface area contributed by atoms with E-state index in [9.17, 15) is 4.79 Å². The molecule has 0 spiro atoms. The van der Waals surface area contributed by atoms with Gasteiger partial charge in [0.1, 0.15) is 0 Å². The molecule has 3 rings (SSSR count). The molecule has 0 amide bonds. The monoisotopic (exact) mass is 305 g/mol. The molecule has 116 valence electrons. The summed E-state index contributed by atoms with van der Waals surface area (Å²) in [6, 6.07) is 18.6. The van der Waals surface area contributed by atoms with Crippen LogP contribution in [-0.4, -0.2) is 17.6 Å². The first-order valence-electron chi connectivity index (χ1n) is 7.56. The summed E-state index contributed by atoms with van der Waals surface area (Å²) < 4.78 is 6.97. The van der Waals surface area contributed by atoms with Gasteiger partial charge in [0.25, 0.3) is 0 Å². The van der Waals surface area contributed by atoms with Crippen LogP contribution in [-0.2, 0) is 22.5 Å². The van der Waals surface area contributed by atoms with Crippen molar-refractivity contribution in [1.82, 2.24) is 4.57 Å². The number of methoxy groups -OCH3 is 1. The number of nitrogens with zero attached hydrogens (tertiary/aromatic N) is 1. The lowest BCUT2D eigenvalue weighted by atomic mass is 10.1. The summed E-state index contributed by atoms with van der Waals surface area (Å²) in [5.41, 5.74) is 3.96. The molecule has 0 bridgehead atoms. The molecule has 0 aliphatic carbocycles. The predicted molar refractivity (Wildman–Crippen MR) is 92.3 cm³/mol. The lowest BCUT2D eigenvalue weighted by molar-refractivity contribution is -0.136. The van der Waals surface area contributed by atoms with E-state index < -0.39 is 0 Å². The molecule has 1 heterocycles. The van der Waals surface area contributed by atoms with Gasteiger partial charge in [-0.15, -0.1) is 0 Å². The summed E-state index contributed by atoms with van der Waals surface area (Å²) in [6.07, 6.45) is 2.60. The van der Waals surface area contributed by atoms with E-state index >= 15 is 0 Å². The largest absolute Gasteiger partial charge is 0.466 e. The van der Waals surface area contributed by atoms with E-state index in [-0.39, 0.29) is 5.97 Å². The second-order valence-electron chi connectivity index (χ2n) is 5.56. The van der Waals surface area contributed by atoms with Crippen LogP contribution in [0.1, 0.15) is 11.1 Å². The van der Waals surface area contributed by atoms with Gasteiger partial charge in [-0.25, -0.2) is 4.79 Å². The fraction of sp³-hybridized carbons (Fsp3) is 0.150. The summed E-state index contributed by atoms with van der Waals surface area (Å²) in [4.78, 5) is 11.6. The quantitative estimate of drug-likeness (QED) is 0.528. The number of hydrogen-bond donors (Lipinski definition) is 0. The second-order valence-corrected chi connectivity index (χ2v) is 5.56. The topological polar surface area (TPSA) is 31.2 Å². The number of aromatic nitrogens is 1. The third kappa shape index (κ3) is 3.19. The third-order valence-electron chi connectivity index (χ3n) is 3.94. The Labute approximate surface area is 135 Å². The Morgan fingerprint density at radius 1 is 1.09 bits per heavy atom. The minimum Gasteiger partial charge on any atom is -0.466 e. The molecule has 0 unspecified atom stereocenters. The van der Waals surface area contributed by atoms with Gasteiger partial charge >= 0.3 is 5.97 Å². The molecule has 0 saturated carbocycles. The number of ether oxygens (including phenoxy) is 1. The molecule has 0 N–H and O–H groups in total. The minimum atomic E-state index is -0.357. The Bertz CT molecular complexity index is 846. The van der Waals surface area contributed by atoms with Gasteiger partial charge < -0.3 is 9.30 Å². The molecule has 0 radical (unpaired) electrons. The smallest absolute Gasteiger partial charge is 0.333 e. The number of esters is 1. The van der Waals surface area contributed by atoms with Gasteiger partial charge in [-0.3, -0.25) is 0 Å².